The molecule has 35 heavy (non-hydrogen) atoms. The van der Waals surface area contributed by atoms with Crippen molar-refractivity contribution in [3.8, 4) is 5.75 Å². The molecule has 0 saturated heterocycles. The highest BCUT2D eigenvalue weighted by atomic mass is 32.2. The van der Waals surface area contributed by atoms with Crippen molar-refractivity contribution in [1.29, 1.82) is 0 Å². The van der Waals surface area contributed by atoms with Gasteiger partial charge >= 0.3 is 0 Å². The minimum atomic E-state index is -3.82. The van der Waals surface area contributed by atoms with E-state index in [1.807, 2.05) is 12.1 Å². The summed E-state index contributed by atoms with van der Waals surface area (Å²) < 4.78 is 32.8. The molecule has 11 nitrogen and oxygen atoms in total. The first kappa shape index (κ1) is 25.1. The summed E-state index contributed by atoms with van der Waals surface area (Å²) in [6.07, 6.45) is 1.62. The van der Waals surface area contributed by atoms with Gasteiger partial charge in [0.15, 0.2) is 33.2 Å². The number of hydrogen-bond acceptors (Lipinski definition) is 11. The largest absolute Gasteiger partial charge is 0.504 e. The molecule has 3 aromatic heterocycles. The minimum Gasteiger partial charge on any atom is -0.504 e. The number of furan rings is 1. The number of hydrogen-bond donors (Lipinski definition) is 5. The third kappa shape index (κ3) is 4.88. The predicted octanol–water partition coefficient (Wildman–Crippen LogP) is 4.61. The molecule has 0 aliphatic carbocycles. The van der Waals surface area contributed by atoms with E-state index in [1.165, 1.54) is 4.31 Å². The zero-order chi connectivity index (χ0) is 25.4. The van der Waals surface area contributed by atoms with Gasteiger partial charge in [-0.15, -0.1) is 11.3 Å². The fourth-order valence-electron chi connectivity index (χ4n) is 3.80. The summed E-state index contributed by atoms with van der Waals surface area (Å²) >= 11 is 0.955. The molecule has 0 bridgehead atoms. The number of thiophene rings is 1. The third-order valence-electron chi connectivity index (χ3n) is 5.65. The molecular weight excluding hydrogens is 490 g/mol. The average molecular weight is 522 g/mol. The highest BCUT2D eigenvalue weighted by Crippen LogP contribution is 2.43. The van der Waals surface area contributed by atoms with E-state index in [0.717, 1.165) is 17.1 Å². The molecule has 13 heteroatoms. The van der Waals surface area contributed by atoms with E-state index in [1.54, 1.807) is 25.5 Å². The maximum absolute atomic E-state index is 13.0. The highest BCUT2D eigenvalue weighted by molar-refractivity contribution is 7.91. The van der Waals surface area contributed by atoms with E-state index in [0.29, 0.717) is 43.0 Å². The van der Waals surface area contributed by atoms with Gasteiger partial charge in [-0.3, -0.25) is 0 Å². The van der Waals surface area contributed by atoms with Gasteiger partial charge in [-0.2, -0.15) is 4.31 Å². The van der Waals surface area contributed by atoms with Crippen LogP contribution in [0.15, 0.2) is 32.4 Å². The van der Waals surface area contributed by atoms with Crippen LogP contribution in [0, 0.1) is 5.41 Å². The summed E-state index contributed by atoms with van der Waals surface area (Å²) in [6, 6.07) is 3.48. The Hall–Kier alpha value is -3.03. The fourth-order valence-corrected chi connectivity index (χ4v) is 6.63. The number of sulfonamides is 1. The van der Waals surface area contributed by atoms with E-state index in [9.17, 15) is 13.5 Å². The Kier molecular flexibility index (Phi) is 6.84. The topological polar surface area (TPSA) is 145 Å². The molecule has 1 aliphatic rings. The Morgan fingerprint density at radius 3 is 2.43 bits per heavy atom. The van der Waals surface area contributed by atoms with Gasteiger partial charge in [0.2, 0.25) is 0 Å². The zero-order valence-electron chi connectivity index (χ0n) is 20.3. The number of nitrogens with one attached hydrogen (secondary N) is 4. The van der Waals surface area contributed by atoms with Crippen LogP contribution >= 0.6 is 11.3 Å². The van der Waals surface area contributed by atoms with Crippen molar-refractivity contribution >= 4 is 50.3 Å². The lowest BCUT2D eigenvalue weighted by molar-refractivity contribution is 0.303. The van der Waals surface area contributed by atoms with Gasteiger partial charge in [0.05, 0.1) is 24.7 Å². The van der Waals surface area contributed by atoms with E-state index >= 15 is 0 Å². The number of rotatable bonds is 9. The Balaban J connectivity index is 1.72. The predicted molar refractivity (Wildman–Crippen MR) is 138 cm³/mol. The number of fused-ring (bicyclic) bond motifs is 1. The first-order valence-corrected chi connectivity index (χ1v) is 13.7. The van der Waals surface area contributed by atoms with Crippen LogP contribution in [0.1, 0.15) is 46.4 Å². The average Bonchev–Trinajstić information content (AvgIpc) is 3.54. The monoisotopic (exact) mass is 521 g/mol. The molecule has 4 heterocycles. The van der Waals surface area contributed by atoms with Crippen LogP contribution < -0.4 is 21.3 Å². The molecule has 0 fully saturated rings. The SMILES string of the molecule is CCN(CC)S(=O)(=O)c1scc(Nc2nc3c(nc2N[C@@H](c2ccco2)C(C)(C)C)NCN3)c1O. The lowest BCUT2D eigenvalue weighted by Gasteiger charge is -2.30. The van der Waals surface area contributed by atoms with Crippen LogP contribution in [0.5, 0.6) is 5.75 Å². The molecule has 0 saturated carbocycles. The van der Waals surface area contributed by atoms with E-state index in [-0.39, 0.29) is 27.1 Å². The van der Waals surface area contributed by atoms with Gasteiger partial charge < -0.3 is 30.8 Å². The summed E-state index contributed by atoms with van der Waals surface area (Å²) in [5.41, 5.74) is -0.00823. The molecule has 4 rings (SSSR count). The van der Waals surface area contributed by atoms with Crippen molar-refractivity contribution in [2.45, 2.75) is 44.9 Å². The van der Waals surface area contributed by atoms with Crippen molar-refractivity contribution < 1.29 is 17.9 Å². The lowest BCUT2D eigenvalue weighted by atomic mass is 9.85. The van der Waals surface area contributed by atoms with Gasteiger partial charge in [0, 0.05) is 18.5 Å². The van der Waals surface area contributed by atoms with Crippen LogP contribution in [-0.2, 0) is 10.0 Å². The molecule has 5 N–H and O–H groups in total. The molecule has 190 valence electrons. The summed E-state index contributed by atoms with van der Waals surface area (Å²) in [7, 11) is -3.82. The smallest absolute Gasteiger partial charge is 0.256 e. The normalized spacial score (nSPS) is 14.3. The summed E-state index contributed by atoms with van der Waals surface area (Å²) in [4.78, 5) is 9.33. The van der Waals surface area contributed by atoms with Gasteiger partial charge in [0.25, 0.3) is 10.0 Å². The Morgan fingerprint density at radius 2 is 1.86 bits per heavy atom. The second-order valence-corrected chi connectivity index (χ2v) is 12.1. The molecular formula is C22H31N7O4S2. The quantitative estimate of drug-likeness (QED) is 0.271. The maximum atomic E-state index is 13.0. The standard InChI is InChI=1S/C22H31N7O4S2/c1-6-29(7-2)35(31,32)21-15(30)13(11-34-21)25-19-20(28-18-17(27-19)23-12-24-18)26-16(22(3,4)5)14-9-8-10-33-14/h8-11,16,30H,6-7,12H2,1-5H3,(H2,23,25,27)(H2,24,26,28)/t16-/m0/s1. The van der Waals surface area contributed by atoms with Crippen LogP contribution in [0.3, 0.4) is 0 Å². The van der Waals surface area contributed by atoms with Gasteiger partial charge in [-0.25, -0.2) is 18.4 Å². The second kappa shape index (κ2) is 9.55. The van der Waals surface area contributed by atoms with E-state index in [2.05, 4.69) is 47.0 Å². The first-order valence-electron chi connectivity index (χ1n) is 11.3. The summed E-state index contributed by atoms with van der Waals surface area (Å²) in [5, 5.41) is 25.2. The number of aromatic nitrogens is 2. The fraction of sp³-hybridized carbons (Fsp3) is 0.455. The third-order valence-corrected chi connectivity index (χ3v) is 9.19. The molecule has 1 aliphatic heterocycles. The van der Waals surface area contributed by atoms with Crippen molar-refractivity contribution in [1.82, 2.24) is 14.3 Å². The van der Waals surface area contributed by atoms with Crippen LogP contribution in [0.2, 0.25) is 0 Å². The van der Waals surface area contributed by atoms with Crippen LogP contribution in [0.4, 0.5) is 29.0 Å². The Bertz CT molecular complexity index is 1280. The maximum Gasteiger partial charge on any atom is 0.256 e. The van der Waals surface area contributed by atoms with Crippen LogP contribution in [0.25, 0.3) is 0 Å². The molecule has 0 spiro atoms. The van der Waals surface area contributed by atoms with Crippen LogP contribution in [-0.4, -0.2) is 47.6 Å². The first-order chi connectivity index (χ1) is 16.6. The van der Waals surface area contributed by atoms with Gasteiger partial charge in [0.1, 0.15) is 5.76 Å². The van der Waals surface area contributed by atoms with Crippen molar-refractivity contribution in [3.63, 3.8) is 0 Å². The molecule has 0 unspecified atom stereocenters. The molecule has 0 radical (unpaired) electrons. The zero-order valence-corrected chi connectivity index (χ0v) is 22.0. The Morgan fingerprint density at radius 1 is 1.20 bits per heavy atom. The van der Waals surface area contributed by atoms with Gasteiger partial charge in [-0.05, 0) is 17.5 Å². The summed E-state index contributed by atoms with van der Waals surface area (Å²) in [6.45, 7) is 10.9. The Labute approximate surface area is 209 Å². The number of nitrogens with zero attached hydrogens (tertiary/aromatic N) is 3. The second-order valence-electron chi connectivity index (χ2n) is 9.11. The minimum absolute atomic E-state index is 0.115. The van der Waals surface area contributed by atoms with Gasteiger partial charge in [-0.1, -0.05) is 34.6 Å². The molecule has 1 atom stereocenters. The van der Waals surface area contributed by atoms with Crippen molar-refractivity contribution in [3.05, 3.63) is 29.5 Å². The lowest BCUT2D eigenvalue weighted by Crippen LogP contribution is -2.30. The molecule has 0 amide bonds. The number of anilines is 5. The number of aromatic hydroxyl groups is 1. The van der Waals surface area contributed by atoms with Crippen molar-refractivity contribution in [2.24, 2.45) is 5.41 Å². The molecule has 0 aromatic carbocycles. The molecule has 3 aromatic rings. The van der Waals surface area contributed by atoms with Crippen molar-refractivity contribution in [2.75, 3.05) is 41.0 Å². The highest BCUT2D eigenvalue weighted by Gasteiger charge is 2.32. The summed E-state index contributed by atoms with van der Waals surface area (Å²) in [5.74, 6) is 2.29. The van der Waals surface area contributed by atoms with E-state index < -0.39 is 10.0 Å². The van der Waals surface area contributed by atoms with E-state index in [4.69, 9.17) is 9.40 Å².